The Balaban J connectivity index is 1.19. The second kappa shape index (κ2) is 7.46. The molecule has 11 heteroatoms. The van der Waals surface area contributed by atoms with E-state index in [4.69, 9.17) is 9.15 Å². The first-order valence-corrected chi connectivity index (χ1v) is 9.46. The highest BCUT2D eigenvalue weighted by Gasteiger charge is 2.71. The maximum absolute atomic E-state index is 12.2. The van der Waals surface area contributed by atoms with E-state index < -0.39 is 13.0 Å². The zero-order chi connectivity index (χ0) is 21.4. The van der Waals surface area contributed by atoms with Gasteiger partial charge in [0.25, 0.3) is 5.91 Å². The van der Waals surface area contributed by atoms with E-state index in [1.807, 2.05) is 31.2 Å². The Bertz CT molecular complexity index is 893. The maximum atomic E-state index is 12.2. The monoisotopic (exact) mass is 426 g/mol. The van der Waals surface area contributed by atoms with E-state index in [1.165, 1.54) is 0 Å². The number of rotatable bonds is 9. The van der Waals surface area contributed by atoms with Crippen molar-refractivity contribution < 1.29 is 31.9 Å². The normalized spacial score (nSPS) is 24.5. The fourth-order valence-corrected chi connectivity index (χ4v) is 4.10. The number of halogens is 3. The number of carbonyl (C=O) groups excluding carboxylic acids is 1. The molecule has 1 aromatic carbocycles. The molecule has 0 atom stereocenters. The molecule has 3 aliphatic carbocycles. The van der Waals surface area contributed by atoms with Crippen molar-refractivity contribution in [1.82, 2.24) is 15.5 Å². The zero-order valence-electron chi connectivity index (χ0n) is 16.2. The average Bonchev–Trinajstić information content (AvgIpc) is 3.08. The van der Waals surface area contributed by atoms with Crippen LogP contribution in [0.4, 0.5) is 19.2 Å². The molecular formula is C19H21F3N4O4. The van der Waals surface area contributed by atoms with E-state index in [2.05, 4.69) is 25.6 Å². The third kappa shape index (κ3) is 4.35. The van der Waals surface area contributed by atoms with Crippen molar-refractivity contribution >= 4 is 11.9 Å². The first-order valence-electron chi connectivity index (χ1n) is 9.46. The Morgan fingerprint density at radius 1 is 1.20 bits per heavy atom. The minimum atomic E-state index is -4.67. The Kier molecular flexibility index (Phi) is 5.08. The van der Waals surface area contributed by atoms with E-state index in [-0.39, 0.29) is 36.0 Å². The van der Waals surface area contributed by atoms with Gasteiger partial charge in [-0.25, -0.2) is 0 Å². The quantitative estimate of drug-likeness (QED) is 0.595. The third-order valence-electron chi connectivity index (χ3n) is 5.35. The number of carbonyl (C=O) groups is 1. The molecule has 0 saturated heterocycles. The van der Waals surface area contributed by atoms with Crippen LogP contribution in [0.15, 0.2) is 28.7 Å². The van der Waals surface area contributed by atoms with Gasteiger partial charge in [0.05, 0.1) is 12.0 Å². The molecule has 1 amide bonds. The molecule has 5 rings (SSSR count). The van der Waals surface area contributed by atoms with Gasteiger partial charge in [-0.3, -0.25) is 9.53 Å². The lowest BCUT2D eigenvalue weighted by Gasteiger charge is -2.68. The predicted molar refractivity (Wildman–Crippen MR) is 97.9 cm³/mol. The summed E-state index contributed by atoms with van der Waals surface area (Å²) in [6, 6.07) is 7.50. The third-order valence-corrected chi connectivity index (χ3v) is 5.35. The number of hydrogen-bond donors (Lipinski definition) is 2. The van der Waals surface area contributed by atoms with Crippen molar-refractivity contribution in [3.8, 4) is 5.75 Å². The van der Waals surface area contributed by atoms with Crippen LogP contribution in [0.5, 0.6) is 5.75 Å². The summed E-state index contributed by atoms with van der Waals surface area (Å²) in [5, 5.41) is 13.4. The molecule has 0 radical (unpaired) electrons. The van der Waals surface area contributed by atoms with Gasteiger partial charge in [0.1, 0.15) is 5.75 Å². The van der Waals surface area contributed by atoms with Crippen LogP contribution in [0.1, 0.15) is 30.7 Å². The van der Waals surface area contributed by atoms with E-state index in [0.717, 1.165) is 5.56 Å². The molecule has 162 valence electrons. The highest BCUT2D eigenvalue weighted by atomic mass is 19.4. The van der Waals surface area contributed by atoms with Crippen molar-refractivity contribution in [2.75, 3.05) is 25.1 Å². The number of hydrogen-bond acceptors (Lipinski definition) is 7. The lowest BCUT2D eigenvalue weighted by molar-refractivity contribution is -0.322. The van der Waals surface area contributed by atoms with Crippen molar-refractivity contribution in [3.05, 3.63) is 35.7 Å². The van der Waals surface area contributed by atoms with Crippen LogP contribution in [-0.2, 0) is 14.9 Å². The standard InChI is InChI=1S/C19H21F3N4O4/c1-12-2-4-13(5-3-12)28-8-14(27)24-18-9-17(10-18,11-18)15-25-26-16(30-15)23-6-7-29-19(20,21)22/h2-5H,6-11H2,1H3,(H,23,26)(H,24,27). The fourth-order valence-electron chi connectivity index (χ4n) is 4.10. The largest absolute Gasteiger partial charge is 0.522 e. The SMILES string of the molecule is Cc1ccc(OCC(=O)NC23CC(c4nnc(NCCOC(F)(F)F)o4)(C2)C3)cc1. The molecule has 3 fully saturated rings. The second-order valence-corrected chi connectivity index (χ2v) is 7.87. The molecule has 2 aromatic rings. The molecule has 2 bridgehead atoms. The van der Waals surface area contributed by atoms with Gasteiger partial charge < -0.3 is 19.8 Å². The number of nitrogens with one attached hydrogen (secondary N) is 2. The van der Waals surface area contributed by atoms with Crippen LogP contribution < -0.4 is 15.4 Å². The molecular weight excluding hydrogens is 405 g/mol. The highest BCUT2D eigenvalue weighted by molar-refractivity contribution is 5.79. The molecule has 1 heterocycles. The van der Waals surface area contributed by atoms with Crippen LogP contribution >= 0.6 is 0 Å². The first-order chi connectivity index (χ1) is 14.2. The van der Waals surface area contributed by atoms with Gasteiger partial charge in [-0.05, 0) is 38.3 Å². The van der Waals surface area contributed by atoms with Gasteiger partial charge in [-0.1, -0.05) is 22.8 Å². The summed E-state index contributed by atoms with van der Waals surface area (Å²) >= 11 is 0. The van der Waals surface area contributed by atoms with Crippen LogP contribution in [0, 0.1) is 6.92 Å². The summed E-state index contributed by atoms with van der Waals surface area (Å²) in [7, 11) is 0. The maximum Gasteiger partial charge on any atom is 0.522 e. The molecule has 30 heavy (non-hydrogen) atoms. The summed E-state index contributed by atoms with van der Waals surface area (Å²) < 4.78 is 50.5. The number of aryl methyl sites for hydroxylation is 1. The topological polar surface area (TPSA) is 98.5 Å². The summed E-state index contributed by atoms with van der Waals surface area (Å²) in [6.45, 7) is 1.23. The Morgan fingerprint density at radius 3 is 2.57 bits per heavy atom. The minimum absolute atomic E-state index is 0.0464. The van der Waals surface area contributed by atoms with Crippen molar-refractivity contribution in [3.63, 3.8) is 0 Å². The Morgan fingerprint density at radius 2 is 1.90 bits per heavy atom. The number of nitrogens with zero attached hydrogens (tertiary/aromatic N) is 2. The van der Waals surface area contributed by atoms with Crippen LogP contribution in [-0.4, -0.2) is 47.8 Å². The number of aromatic nitrogens is 2. The summed E-state index contributed by atoms with van der Waals surface area (Å²) in [6.07, 6.45) is -2.64. The Hall–Kier alpha value is -2.82. The lowest BCUT2D eigenvalue weighted by Crippen LogP contribution is -2.77. The van der Waals surface area contributed by atoms with Crippen molar-refractivity contribution in [1.29, 1.82) is 0 Å². The Labute approximate surface area is 170 Å². The summed E-state index contributed by atoms with van der Waals surface area (Å²) in [5.74, 6) is 0.867. The van der Waals surface area contributed by atoms with Gasteiger partial charge >= 0.3 is 12.4 Å². The minimum Gasteiger partial charge on any atom is -0.484 e. The van der Waals surface area contributed by atoms with Gasteiger partial charge in [0.15, 0.2) is 6.61 Å². The van der Waals surface area contributed by atoms with Gasteiger partial charge in [-0.2, -0.15) is 0 Å². The molecule has 1 aromatic heterocycles. The number of ether oxygens (including phenoxy) is 2. The molecule has 0 spiro atoms. The van der Waals surface area contributed by atoms with Crippen molar-refractivity contribution in [2.45, 2.75) is 43.5 Å². The number of benzene rings is 1. The molecule has 3 saturated carbocycles. The lowest BCUT2D eigenvalue weighted by atomic mass is 9.39. The molecule has 0 unspecified atom stereocenters. The zero-order valence-corrected chi connectivity index (χ0v) is 16.2. The summed E-state index contributed by atoms with van der Waals surface area (Å²) in [5.41, 5.74) is 0.552. The smallest absolute Gasteiger partial charge is 0.484 e. The number of alkyl halides is 3. The van der Waals surface area contributed by atoms with Crippen LogP contribution in [0.25, 0.3) is 0 Å². The average molecular weight is 426 g/mol. The number of amides is 1. The second-order valence-electron chi connectivity index (χ2n) is 7.87. The van der Waals surface area contributed by atoms with Crippen molar-refractivity contribution in [2.24, 2.45) is 0 Å². The number of anilines is 1. The predicted octanol–water partition coefficient (Wildman–Crippen LogP) is 2.70. The van der Waals surface area contributed by atoms with Crippen LogP contribution in [0.2, 0.25) is 0 Å². The van der Waals surface area contributed by atoms with Gasteiger partial charge in [-0.15, -0.1) is 18.3 Å². The van der Waals surface area contributed by atoms with Gasteiger partial charge in [0.2, 0.25) is 5.89 Å². The van der Waals surface area contributed by atoms with Crippen LogP contribution in [0.3, 0.4) is 0 Å². The molecule has 0 aliphatic heterocycles. The molecule has 8 nitrogen and oxygen atoms in total. The first kappa shape index (κ1) is 20.5. The fraction of sp³-hybridized carbons (Fsp3) is 0.526. The van der Waals surface area contributed by atoms with E-state index in [9.17, 15) is 18.0 Å². The molecule has 2 N–H and O–H groups in total. The van der Waals surface area contributed by atoms with E-state index in [1.54, 1.807) is 0 Å². The highest BCUT2D eigenvalue weighted by Crippen LogP contribution is 2.67. The van der Waals surface area contributed by atoms with E-state index >= 15 is 0 Å². The molecule has 3 aliphatic rings. The van der Waals surface area contributed by atoms with E-state index in [0.29, 0.717) is 30.9 Å². The van der Waals surface area contributed by atoms with Gasteiger partial charge in [0, 0.05) is 12.1 Å². The summed E-state index contributed by atoms with van der Waals surface area (Å²) in [4.78, 5) is 12.2.